The number of aryl methyl sites for hydroxylation is 1. The first-order valence-electron chi connectivity index (χ1n) is 6.46. The Morgan fingerprint density at radius 2 is 1.90 bits per heavy atom. The average Bonchev–Trinajstić information content (AvgIpc) is 2.75. The van der Waals surface area contributed by atoms with E-state index < -0.39 is 6.61 Å². The summed E-state index contributed by atoms with van der Waals surface area (Å²) < 4.78 is 30.5. The fourth-order valence-electron chi connectivity index (χ4n) is 2.14. The van der Waals surface area contributed by atoms with Crippen LogP contribution in [0.25, 0.3) is 11.3 Å². The molecule has 0 aliphatic heterocycles. The molecule has 0 aliphatic rings. The van der Waals surface area contributed by atoms with Crippen LogP contribution >= 0.6 is 0 Å². The van der Waals surface area contributed by atoms with E-state index in [9.17, 15) is 8.78 Å². The first kappa shape index (κ1) is 14.3. The molecule has 0 fully saturated rings. The minimum Gasteiger partial charge on any atom is -0.435 e. The van der Waals surface area contributed by atoms with Crippen molar-refractivity contribution < 1.29 is 13.5 Å². The molecule has 1 aromatic carbocycles. The Morgan fingerprint density at radius 1 is 1.25 bits per heavy atom. The predicted molar refractivity (Wildman–Crippen MR) is 73.8 cm³/mol. The highest BCUT2D eigenvalue weighted by Gasteiger charge is 2.14. The SMILES string of the molecule is CCc1nc(-c2ccc(OC(F)F)cc2)c(N)n1CC. The number of nitrogens with zero attached hydrogens (tertiary/aromatic N) is 2. The zero-order chi connectivity index (χ0) is 14.7. The van der Waals surface area contributed by atoms with Crippen LogP contribution in [0.4, 0.5) is 14.6 Å². The van der Waals surface area contributed by atoms with Crippen molar-refractivity contribution in [2.24, 2.45) is 0 Å². The van der Waals surface area contributed by atoms with Crippen LogP contribution in [0.3, 0.4) is 0 Å². The van der Waals surface area contributed by atoms with Gasteiger partial charge in [-0.3, -0.25) is 0 Å². The van der Waals surface area contributed by atoms with Gasteiger partial charge in [0.2, 0.25) is 0 Å². The summed E-state index contributed by atoms with van der Waals surface area (Å²) in [5.74, 6) is 1.62. The molecule has 1 aromatic heterocycles. The summed E-state index contributed by atoms with van der Waals surface area (Å²) in [5.41, 5.74) is 7.55. The molecule has 2 N–H and O–H groups in total. The quantitative estimate of drug-likeness (QED) is 0.914. The molecule has 20 heavy (non-hydrogen) atoms. The van der Waals surface area contributed by atoms with Crippen molar-refractivity contribution in [1.82, 2.24) is 9.55 Å². The molecular weight excluding hydrogens is 264 g/mol. The van der Waals surface area contributed by atoms with Crippen molar-refractivity contribution >= 4 is 5.82 Å². The van der Waals surface area contributed by atoms with E-state index in [1.54, 1.807) is 12.1 Å². The lowest BCUT2D eigenvalue weighted by atomic mass is 10.1. The minimum atomic E-state index is -2.82. The minimum absolute atomic E-state index is 0.118. The average molecular weight is 281 g/mol. The van der Waals surface area contributed by atoms with Crippen molar-refractivity contribution in [3.05, 3.63) is 30.1 Å². The maximum absolute atomic E-state index is 12.1. The van der Waals surface area contributed by atoms with Crippen molar-refractivity contribution in [3.8, 4) is 17.0 Å². The van der Waals surface area contributed by atoms with Gasteiger partial charge in [-0.05, 0) is 31.2 Å². The van der Waals surface area contributed by atoms with E-state index in [1.165, 1.54) is 12.1 Å². The predicted octanol–water partition coefficient (Wildman–Crippen LogP) is 3.32. The number of nitrogens with two attached hydrogens (primary N) is 1. The van der Waals surface area contributed by atoms with E-state index >= 15 is 0 Å². The van der Waals surface area contributed by atoms with Gasteiger partial charge >= 0.3 is 6.61 Å². The molecule has 0 atom stereocenters. The fraction of sp³-hybridized carbons (Fsp3) is 0.357. The Labute approximate surface area is 116 Å². The largest absolute Gasteiger partial charge is 0.435 e. The van der Waals surface area contributed by atoms with Crippen LogP contribution < -0.4 is 10.5 Å². The van der Waals surface area contributed by atoms with E-state index in [0.717, 1.165) is 24.4 Å². The van der Waals surface area contributed by atoms with E-state index in [4.69, 9.17) is 5.73 Å². The number of alkyl halides is 2. The zero-order valence-corrected chi connectivity index (χ0v) is 11.4. The second-order valence-corrected chi connectivity index (χ2v) is 4.26. The van der Waals surface area contributed by atoms with Gasteiger partial charge in [0.25, 0.3) is 0 Å². The lowest BCUT2D eigenvalue weighted by molar-refractivity contribution is -0.0498. The van der Waals surface area contributed by atoms with Crippen LogP contribution in [0, 0.1) is 0 Å². The Balaban J connectivity index is 2.34. The molecule has 108 valence electrons. The number of nitrogen functional groups attached to an aromatic ring is 1. The molecule has 0 saturated carbocycles. The Bertz CT molecular complexity index is 579. The topological polar surface area (TPSA) is 53.1 Å². The molecule has 6 heteroatoms. The van der Waals surface area contributed by atoms with Gasteiger partial charge in [-0.15, -0.1) is 0 Å². The molecule has 2 aromatic rings. The summed E-state index contributed by atoms with van der Waals surface area (Å²) in [7, 11) is 0. The van der Waals surface area contributed by atoms with E-state index in [1.807, 2.05) is 18.4 Å². The Morgan fingerprint density at radius 3 is 2.35 bits per heavy atom. The van der Waals surface area contributed by atoms with Crippen molar-refractivity contribution in [2.75, 3.05) is 5.73 Å². The number of anilines is 1. The summed E-state index contributed by atoms with van der Waals surface area (Å²) in [6.45, 7) is 1.93. The van der Waals surface area contributed by atoms with Crippen molar-refractivity contribution in [3.63, 3.8) is 0 Å². The molecule has 0 bridgehead atoms. The molecule has 1 heterocycles. The number of hydrogen-bond donors (Lipinski definition) is 1. The van der Waals surface area contributed by atoms with Crippen LogP contribution in [0.15, 0.2) is 24.3 Å². The molecule has 2 rings (SSSR count). The van der Waals surface area contributed by atoms with E-state index in [2.05, 4.69) is 9.72 Å². The number of imidazole rings is 1. The summed E-state index contributed by atoms with van der Waals surface area (Å²) in [6.07, 6.45) is 0.782. The maximum atomic E-state index is 12.1. The molecule has 4 nitrogen and oxygen atoms in total. The molecular formula is C14H17F2N3O. The van der Waals surface area contributed by atoms with Gasteiger partial charge in [0.15, 0.2) is 0 Å². The normalized spacial score (nSPS) is 11.1. The van der Waals surface area contributed by atoms with Gasteiger partial charge in [0, 0.05) is 18.5 Å². The van der Waals surface area contributed by atoms with Crippen LogP contribution in [-0.4, -0.2) is 16.2 Å². The molecule has 0 radical (unpaired) electrons. The van der Waals surface area contributed by atoms with Gasteiger partial charge < -0.3 is 15.0 Å². The van der Waals surface area contributed by atoms with Gasteiger partial charge in [-0.2, -0.15) is 8.78 Å². The third kappa shape index (κ3) is 2.74. The van der Waals surface area contributed by atoms with Gasteiger partial charge in [0.1, 0.15) is 23.1 Å². The number of rotatable bonds is 5. The van der Waals surface area contributed by atoms with E-state index in [0.29, 0.717) is 11.5 Å². The van der Waals surface area contributed by atoms with Crippen LogP contribution in [0.5, 0.6) is 5.75 Å². The second-order valence-electron chi connectivity index (χ2n) is 4.26. The van der Waals surface area contributed by atoms with Crippen molar-refractivity contribution in [1.29, 1.82) is 0 Å². The number of benzene rings is 1. The highest BCUT2D eigenvalue weighted by molar-refractivity contribution is 5.71. The highest BCUT2D eigenvalue weighted by atomic mass is 19.3. The first-order valence-corrected chi connectivity index (χ1v) is 6.46. The van der Waals surface area contributed by atoms with Gasteiger partial charge in [-0.25, -0.2) is 4.98 Å². The smallest absolute Gasteiger partial charge is 0.387 e. The van der Waals surface area contributed by atoms with Gasteiger partial charge in [-0.1, -0.05) is 6.92 Å². The Kier molecular flexibility index (Phi) is 4.22. The lowest BCUT2D eigenvalue weighted by Crippen LogP contribution is -2.04. The molecule has 0 aliphatic carbocycles. The third-order valence-electron chi connectivity index (χ3n) is 3.07. The number of halogens is 2. The first-order chi connectivity index (χ1) is 9.56. The Hall–Kier alpha value is -2.11. The molecule has 0 unspecified atom stereocenters. The number of aromatic nitrogens is 2. The lowest BCUT2D eigenvalue weighted by Gasteiger charge is -2.06. The summed E-state index contributed by atoms with van der Waals surface area (Å²) in [4.78, 5) is 4.51. The summed E-state index contributed by atoms with van der Waals surface area (Å²) >= 11 is 0. The van der Waals surface area contributed by atoms with Crippen LogP contribution in [-0.2, 0) is 13.0 Å². The highest BCUT2D eigenvalue weighted by Crippen LogP contribution is 2.28. The standard InChI is InChI=1S/C14H17F2N3O/c1-3-11-18-12(13(17)19(11)4-2)9-5-7-10(8-6-9)20-14(15)16/h5-8,14H,3-4,17H2,1-2H3. The van der Waals surface area contributed by atoms with Crippen LogP contribution in [0.1, 0.15) is 19.7 Å². The molecule has 0 spiro atoms. The number of hydrogen-bond acceptors (Lipinski definition) is 3. The van der Waals surface area contributed by atoms with Crippen molar-refractivity contribution in [2.45, 2.75) is 33.4 Å². The summed E-state index contributed by atoms with van der Waals surface area (Å²) in [5, 5.41) is 0. The number of ether oxygens (including phenoxy) is 1. The molecule has 0 amide bonds. The fourth-order valence-corrected chi connectivity index (χ4v) is 2.14. The van der Waals surface area contributed by atoms with Gasteiger partial charge in [0.05, 0.1) is 0 Å². The summed E-state index contributed by atoms with van der Waals surface area (Å²) in [6, 6.07) is 6.32. The zero-order valence-electron chi connectivity index (χ0n) is 11.4. The third-order valence-corrected chi connectivity index (χ3v) is 3.07. The monoisotopic (exact) mass is 281 g/mol. The second kappa shape index (κ2) is 5.90. The van der Waals surface area contributed by atoms with Crippen LogP contribution in [0.2, 0.25) is 0 Å². The maximum Gasteiger partial charge on any atom is 0.387 e. The van der Waals surface area contributed by atoms with E-state index in [-0.39, 0.29) is 5.75 Å². The molecule has 0 saturated heterocycles.